The summed E-state index contributed by atoms with van der Waals surface area (Å²) in [6.07, 6.45) is 4.10. The molecule has 0 amide bonds. The number of benzene rings is 1. The summed E-state index contributed by atoms with van der Waals surface area (Å²) in [5, 5.41) is 3.22. The molecule has 1 atom stereocenters. The maximum Gasteiger partial charge on any atom is 0.123 e. The lowest BCUT2D eigenvalue weighted by Gasteiger charge is -2.08. The standard InChI is InChI=1S/C10H10FN/c11-9-4-1-3-8(7-9)10-5-2-6-12-10/h1-5,7,10,12H,6H2. The van der Waals surface area contributed by atoms with Gasteiger partial charge in [0.15, 0.2) is 0 Å². The first-order valence-corrected chi connectivity index (χ1v) is 4.02. The van der Waals surface area contributed by atoms with Crippen molar-refractivity contribution in [1.82, 2.24) is 5.32 Å². The smallest absolute Gasteiger partial charge is 0.123 e. The van der Waals surface area contributed by atoms with E-state index < -0.39 is 0 Å². The minimum Gasteiger partial charge on any atom is -0.303 e. The molecule has 0 bridgehead atoms. The highest BCUT2D eigenvalue weighted by Crippen LogP contribution is 2.17. The van der Waals surface area contributed by atoms with Gasteiger partial charge in [0.1, 0.15) is 5.82 Å². The van der Waals surface area contributed by atoms with Gasteiger partial charge in [0.2, 0.25) is 0 Å². The summed E-state index contributed by atoms with van der Waals surface area (Å²) in [4.78, 5) is 0. The minimum absolute atomic E-state index is 0.172. The molecule has 1 aliphatic heterocycles. The van der Waals surface area contributed by atoms with Gasteiger partial charge in [-0.3, -0.25) is 0 Å². The van der Waals surface area contributed by atoms with Crippen LogP contribution in [0.5, 0.6) is 0 Å². The van der Waals surface area contributed by atoms with Crippen molar-refractivity contribution >= 4 is 0 Å². The Labute approximate surface area is 70.9 Å². The van der Waals surface area contributed by atoms with Crippen molar-refractivity contribution in [1.29, 1.82) is 0 Å². The summed E-state index contributed by atoms with van der Waals surface area (Å²) in [6, 6.07) is 6.88. The van der Waals surface area contributed by atoms with E-state index in [4.69, 9.17) is 0 Å². The van der Waals surface area contributed by atoms with E-state index in [1.807, 2.05) is 6.07 Å². The van der Waals surface area contributed by atoms with E-state index in [0.29, 0.717) is 0 Å². The van der Waals surface area contributed by atoms with E-state index in [-0.39, 0.29) is 11.9 Å². The zero-order chi connectivity index (χ0) is 8.39. The van der Waals surface area contributed by atoms with Gasteiger partial charge < -0.3 is 5.32 Å². The first kappa shape index (κ1) is 7.50. The second-order valence-electron chi connectivity index (χ2n) is 2.87. The molecule has 1 heterocycles. The normalized spacial score (nSPS) is 21.6. The lowest BCUT2D eigenvalue weighted by atomic mass is 10.1. The fourth-order valence-corrected chi connectivity index (χ4v) is 1.40. The van der Waals surface area contributed by atoms with Crippen molar-refractivity contribution in [3.8, 4) is 0 Å². The Morgan fingerprint density at radius 2 is 2.33 bits per heavy atom. The molecule has 0 fully saturated rings. The Hall–Kier alpha value is -1.15. The molecule has 62 valence electrons. The zero-order valence-electron chi connectivity index (χ0n) is 6.63. The molecule has 12 heavy (non-hydrogen) atoms. The predicted octanol–water partition coefficient (Wildman–Crippen LogP) is 2.03. The van der Waals surface area contributed by atoms with Crippen molar-refractivity contribution in [2.24, 2.45) is 0 Å². The highest BCUT2D eigenvalue weighted by molar-refractivity contribution is 5.25. The third-order valence-electron chi connectivity index (χ3n) is 1.99. The molecule has 2 heteroatoms. The molecule has 1 aliphatic rings. The van der Waals surface area contributed by atoms with Gasteiger partial charge in [-0.05, 0) is 17.7 Å². The molecule has 1 N–H and O–H groups in total. The summed E-state index contributed by atoms with van der Waals surface area (Å²) in [6.45, 7) is 0.876. The highest BCUT2D eigenvalue weighted by atomic mass is 19.1. The number of halogens is 1. The maximum absolute atomic E-state index is 12.8. The van der Waals surface area contributed by atoms with Crippen LogP contribution in [0, 0.1) is 5.82 Å². The number of hydrogen-bond acceptors (Lipinski definition) is 1. The van der Waals surface area contributed by atoms with Crippen molar-refractivity contribution in [3.63, 3.8) is 0 Å². The molecule has 0 aromatic heterocycles. The Morgan fingerprint density at radius 3 is 3.00 bits per heavy atom. The van der Waals surface area contributed by atoms with Crippen LogP contribution in [0.15, 0.2) is 36.4 Å². The second kappa shape index (κ2) is 3.07. The van der Waals surface area contributed by atoms with E-state index >= 15 is 0 Å². The van der Waals surface area contributed by atoms with E-state index in [9.17, 15) is 4.39 Å². The van der Waals surface area contributed by atoms with Crippen molar-refractivity contribution in [2.45, 2.75) is 6.04 Å². The molecular weight excluding hydrogens is 153 g/mol. The van der Waals surface area contributed by atoms with Crippen molar-refractivity contribution < 1.29 is 4.39 Å². The van der Waals surface area contributed by atoms with E-state index in [0.717, 1.165) is 12.1 Å². The molecule has 0 spiro atoms. The van der Waals surface area contributed by atoms with E-state index in [1.165, 1.54) is 6.07 Å². The molecule has 1 nitrogen and oxygen atoms in total. The Bertz CT molecular complexity index is 306. The topological polar surface area (TPSA) is 12.0 Å². The van der Waals surface area contributed by atoms with Crippen molar-refractivity contribution in [3.05, 3.63) is 47.8 Å². The van der Waals surface area contributed by atoms with Crippen LogP contribution in [-0.2, 0) is 0 Å². The average Bonchev–Trinajstić information content (AvgIpc) is 2.56. The molecule has 0 saturated carbocycles. The number of hydrogen-bond donors (Lipinski definition) is 1. The predicted molar refractivity (Wildman–Crippen MR) is 46.3 cm³/mol. The molecule has 1 aromatic rings. The van der Waals surface area contributed by atoms with Crippen LogP contribution in [0.1, 0.15) is 11.6 Å². The quantitative estimate of drug-likeness (QED) is 0.624. The third-order valence-corrected chi connectivity index (χ3v) is 1.99. The Morgan fingerprint density at radius 1 is 1.42 bits per heavy atom. The summed E-state index contributed by atoms with van der Waals surface area (Å²) in [5.41, 5.74) is 0.990. The molecule has 2 rings (SSSR count). The lowest BCUT2D eigenvalue weighted by Crippen LogP contribution is -2.13. The van der Waals surface area contributed by atoms with E-state index in [2.05, 4.69) is 17.5 Å². The molecule has 1 unspecified atom stereocenters. The SMILES string of the molecule is Fc1cccc(C2C=CCN2)c1. The Kier molecular flexibility index (Phi) is 1.92. The first-order valence-electron chi connectivity index (χ1n) is 4.02. The van der Waals surface area contributed by atoms with Crippen molar-refractivity contribution in [2.75, 3.05) is 6.54 Å². The van der Waals surface area contributed by atoms with Gasteiger partial charge in [-0.15, -0.1) is 0 Å². The lowest BCUT2D eigenvalue weighted by molar-refractivity contribution is 0.619. The van der Waals surface area contributed by atoms with Crippen LogP contribution in [0.25, 0.3) is 0 Å². The third kappa shape index (κ3) is 1.38. The zero-order valence-corrected chi connectivity index (χ0v) is 6.63. The van der Waals surface area contributed by atoms with Gasteiger partial charge in [-0.25, -0.2) is 4.39 Å². The van der Waals surface area contributed by atoms with Crippen LogP contribution in [-0.4, -0.2) is 6.54 Å². The van der Waals surface area contributed by atoms with Crippen LogP contribution in [0.2, 0.25) is 0 Å². The molecule has 1 aromatic carbocycles. The Balaban J connectivity index is 2.27. The minimum atomic E-state index is -0.172. The van der Waals surface area contributed by atoms with E-state index in [1.54, 1.807) is 12.1 Å². The molecular formula is C10H10FN. The van der Waals surface area contributed by atoms with Crippen LogP contribution in [0.4, 0.5) is 4.39 Å². The summed E-state index contributed by atoms with van der Waals surface area (Å²) >= 11 is 0. The molecule has 0 saturated heterocycles. The van der Waals surface area contributed by atoms with Crippen LogP contribution >= 0.6 is 0 Å². The van der Waals surface area contributed by atoms with Gasteiger partial charge in [0, 0.05) is 6.54 Å². The summed E-state index contributed by atoms with van der Waals surface area (Å²) < 4.78 is 12.8. The molecule has 0 aliphatic carbocycles. The second-order valence-corrected chi connectivity index (χ2v) is 2.87. The average molecular weight is 163 g/mol. The van der Waals surface area contributed by atoms with Gasteiger partial charge in [-0.2, -0.15) is 0 Å². The number of nitrogens with one attached hydrogen (secondary N) is 1. The fraction of sp³-hybridized carbons (Fsp3) is 0.200. The summed E-state index contributed by atoms with van der Waals surface area (Å²) in [5.74, 6) is -0.172. The van der Waals surface area contributed by atoms with Crippen LogP contribution in [0.3, 0.4) is 0 Å². The molecule has 0 radical (unpaired) electrons. The van der Waals surface area contributed by atoms with Gasteiger partial charge in [-0.1, -0.05) is 24.3 Å². The number of rotatable bonds is 1. The monoisotopic (exact) mass is 163 g/mol. The van der Waals surface area contributed by atoms with Gasteiger partial charge in [0.25, 0.3) is 0 Å². The fourth-order valence-electron chi connectivity index (χ4n) is 1.40. The maximum atomic E-state index is 12.8. The largest absolute Gasteiger partial charge is 0.303 e. The summed E-state index contributed by atoms with van der Waals surface area (Å²) in [7, 11) is 0. The van der Waals surface area contributed by atoms with Crippen LogP contribution < -0.4 is 5.32 Å². The van der Waals surface area contributed by atoms with Gasteiger partial charge >= 0.3 is 0 Å². The highest BCUT2D eigenvalue weighted by Gasteiger charge is 2.10. The first-order chi connectivity index (χ1) is 5.86. The van der Waals surface area contributed by atoms with Gasteiger partial charge in [0.05, 0.1) is 6.04 Å².